The highest BCUT2D eigenvalue weighted by atomic mass is 19.4. The van der Waals surface area contributed by atoms with Crippen molar-refractivity contribution in [2.45, 2.75) is 12.7 Å². The quantitative estimate of drug-likeness (QED) is 0.463. The Hall–Kier alpha value is -3.61. The van der Waals surface area contributed by atoms with Gasteiger partial charge in [-0.05, 0) is 47.2 Å². The lowest BCUT2D eigenvalue weighted by atomic mass is 10.1. The molecule has 1 aromatic heterocycles. The third-order valence-electron chi connectivity index (χ3n) is 5.00. The van der Waals surface area contributed by atoms with E-state index >= 15 is 0 Å². The largest absolute Gasteiger partial charge is 0.464 e. The highest BCUT2D eigenvalue weighted by molar-refractivity contribution is 5.76. The van der Waals surface area contributed by atoms with Gasteiger partial charge in [0.2, 0.25) is 5.82 Å². The van der Waals surface area contributed by atoms with E-state index in [0.717, 1.165) is 10.8 Å². The molecule has 1 aliphatic rings. The summed E-state index contributed by atoms with van der Waals surface area (Å²) >= 11 is 0. The van der Waals surface area contributed by atoms with Crippen molar-refractivity contribution in [2.24, 2.45) is 0 Å². The summed E-state index contributed by atoms with van der Waals surface area (Å²) in [6.07, 6.45) is -1.23. The Labute approximate surface area is 168 Å². The number of para-hydroxylation sites is 2. The van der Waals surface area contributed by atoms with Crippen LogP contribution in [0.5, 0.6) is 5.75 Å². The number of halogens is 4. The lowest BCUT2D eigenvalue weighted by molar-refractivity contribution is -0.146. The fraction of sp³-hybridized carbons (Fsp3) is 0.0870. The maximum absolute atomic E-state index is 13.6. The van der Waals surface area contributed by atoms with Crippen molar-refractivity contribution in [1.82, 2.24) is 9.55 Å². The van der Waals surface area contributed by atoms with Crippen LogP contribution < -0.4 is 15.2 Å². The minimum atomic E-state index is -4.57. The summed E-state index contributed by atoms with van der Waals surface area (Å²) in [5.41, 5.74) is 2.08. The Morgan fingerprint density at radius 2 is 1.77 bits per heavy atom. The molecule has 7 heteroatoms. The van der Waals surface area contributed by atoms with Crippen LogP contribution >= 0.6 is 0 Å². The molecule has 0 N–H and O–H groups in total. The van der Waals surface area contributed by atoms with Crippen LogP contribution in [0.25, 0.3) is 23.4 Å². The first kappa shape index (κ1) is 18.4. The highest BCUT2D eigenvalue weighted by Crippen LogP contribution is 2.32. The average molecular weight is 410 g/mol. The molecular weight excluding hydrogens is 396 g/mol. The molecule has 0 spiro atoms. The summed E-state index contributed by atoms with van der Waals surface area (Å²) in [7, 11) is 0. The van der Waals surface area contributed by atoms with Gasteiger partial charge in [-0.15, -0.1) is 0 Å². The first-order chi connectivity index (χ1) is 14.4. The summed E-state index contributed by atoms with van der Waals surface area (Å²) in [4.78, 5) is 3.78. The molecule has 0 atom stereocenters. The zero-order valence-electron chi connectivity index (χ0n) is 15.4. The number of hydrogen-bond donors (Lipinski definition) is 0. The molecule has 0 unspecified atom stereocenters. The number of ether oxygens (including phenoxy) is 1. The van der Waals surface area contributed by atoms with Gasteiger partial charge in [0.25, 0.3) is 0 Å². The zero-order chi connectivity index (χ0) is 20.9. The zero-order valence-corrected chi connectivity index (χ0v) is 15.4. The van der Waals surface area contributed by atoms with E-state index in [4.69, 9.17) is 4.74 Å². The first-order valence-corrected chi connectivity index (χ1v) is 9.18. The van der Waals surface area contributed by atoms with Crippen molar-refractivity contribution < 1.29 is 22.3 Å². The number of rotatable bonds is 2. The molecule has 0 bridgehead atoms. The topological polar surface area (TPSA) is 27.1 Å². The van der Waals surface area contributed by atoms with Gasteiger partial charge in [0.05, 0.1) is 17.3 Å². The minimum Gasteiger partial charge on any atom is -0.464 e. The van der Waals surface area contributed by atoms with Crippen LogP contribution in [-0.4, -0.2) is 9.55 Å². The number of hydrogen-bond acceptors (Lipinski definition) is 2. The van der Waals surface area contributed by atoms with Crippen LogP contribution in [-0.2, 0) is 12.7 Å². The summed E-state index contributed by atoms with van der Waals surface area (Å²) < 4.78 is 60.9. The molecule has 4 aromatic rings. The molecule has 0 saturated heterocycles. The summed E-state index contributed by atoms with van der Waals surface area (Å²) in [6.45, 7) is -0.00193. The molecule has 2 heterocycles. The van der Waals surface area contributed by atoms with Gasteiger partial charge in [-0.2, -0.15) is 13.2 Å². The molecule has 3 aromatic carbocycles. The van der Waals surface area contributed by atoms with Gasteiger partial charge in [-0.25, -0.2) is 9.37 Å². The third kappa shape index (κ3) is 3.22. The Bertz CT molecular complexity index is 1400. The maximum Gasteiger partial charge on any atom is 0.449 e. The van der Waals surface area contributed by atoms with Crippen LogP contribution in [0.3, 0.4) is 0 Å². The Morgan fingerprint density at radius 1 is 0.933 bits per heavy atom. The second kappa shape index (κ2) is 6.73. The normalized spacial score (nSPS) is 12.9. The predicted molar refractivity (Wildman–Crippen MR) is 105 cm³/mol. The second-order valence-electron chi connectivity index (χ2n) is 7.03. The van der Waals surface area contributed by atoms with Gasteiger partial charge in [0.15, 0.2) is 0 Å². The van der Waals surface area contributed by atoms with Gasteiger partial charge in [-0.3, -0.25) is 0 Å². The van der Waals surface area contributed by atoms with Crippen molar-refractivity contribution in [3.63, 3.8) is 0 Å². The first-order valence-electron chi connectivity index (χ1n) is 9.18. The smallest absolute Gasteiger partial charge is 0.449 e. The van der Waals surface area contributed by atoms with Gasteiger partial charge in [0, 0.05) is 23.4 Å². The number of nitrogens with zero attached hydrogens (tertiary/aromatic N) is 2. The SMILES string of the molecule is Fc1ccc2c(c1)OC=c1cc(Cn3c(C(F)(F)F)nc4ccccc43)ccc1=C2. The lowest BCUT2D eigenvalue weighted by Gasteiger charge is -2.11. The van der Waals surface area contributed by atoms with E-state index in [-0.39, 0.29) is 6.54 Å². The van der Waals surface area contributed by atoms with Crippen molar-refractivity contribution in [1.29, 1.82) is 0 Å². The van der Waals surface area contributed by atoms with E-state index in [1.54, 1.807) is 42.5 Å². The van der Waals surface area contributed by atoms with Crippen molar-refractivity contribution >= 4 is 23.4 Å². The standard InChI is InChI=1S/C23H14F4N2O/c24-18-8-7-16-10-15-6-5-14(9-17(15)13-30-21(16)11-18)12-29-20-4-2-1-3-19(20)28-22(29)23(25,26)27/h1-11,13H,12H2. The summed E-state index contributed by atoms with van der Waals surface area (Å²) in [6, 6.07) is 16.1. The second-order valence-corrected chi connectivity index (χ2v) is 7.03. The summed E-state index contributed by atoms with van der Waals surface area (Å²) in [5.74, 6) is -0.963. The van der Waals surface area contributed by atoms with Crippen LogP contribution in [0, 0.1) is 5.82 Å². The van der Waals surface area contributed by atoms with Gasteiger partial charge in [0.1, 0.15) is 11.6 Å². The Balaban J connectivity index is 1.60. The van der Waals surface area contributed by atoms with E-state index in [1.165, 1.54) is 23.0 Å². The minimum absolute atomic E-state index is 0.00193. The molecule has 150 valence electrons. The number of benzene rings is 3. The van der Waals surface area contributed by atoms with Crippen molar-refractivity contribution in [3.05, 3.63) is 93.9 Å². The number of imidazole rings is 1. The van der Waals surface area contributed by atoms with Crippen LogP contribution in [0.15, 0.2) is 60.7 Å². The molecule has 5 rings (SSSR count). The molecule has 0 saturated carbocycles. The van der Waals surface area contributed by atoms with E-state index in [1.807, 2.05) is 12.1 Å². The predicted octanol–water partition coefficient (Wildman–Crippen LogP) is 4.20. The van der Waals surface area contributed by atoms with E-state index in [2.05, 4.69) is 4.98 Å². The summed E-state index contributed by atoms with van der Waals surface area (Å²) in [5, 5.41) is 1.53. The number of alkyl halides is 3. The molecule has 0 radical (unpaired) electrons. The van der Waals surface area contributed by atoms with Crippen molar-refractivity contribution in [3.8, 4) is 5.75 Å². The van der Waals surface area contributed by atoms with Gasteiger partial charge >= 0.3 is 6.18 Å². The van der Waals surface area contributed by atoms with Crippen LogP contribution in [0.4, 0.5) is 17.6 Å². The molecule has 0 aliphatic carbocycles. The van der Waals surface area contributed by atoms with Crippen LogP contribution in [0.2, 0.25) is 0 Å². The van der Waals surface area contributed by atoms with Crippen molar-refractivity contribution in [2.75, 3.05) is 0 Å². The monoisotopic (exact) mass is 410 g/mol. The van der Waals surface area contributed by atoms with Gasteiger partial charge < -0.3 is 9.30 Å². The molecular formula is C23H14F4N2O. The molecule has 0 fully saturated rings. The molecule has 30 heavy (non-hydrogen) atoms. The van der Waals surface area contributed by atoms with E-state index < -0.39 is 17.8 Å². The number of aromatic nitrogens is 2. The Morgan fingerprint density at radius 3 is 2.60 bits per heavy atom. The number of fused-ring (bicyclic) bond motifs is 3. The van der Waals surface area contributed by atoms with E-state index in [9.17, 15) is 17.6 Å². The average Bonchev–Trinajstić information content (AvgIpc) is 2.98. The molecule has 3 nitrogen and oxygen atoms in total. The van der Waals surface area contributed by atoms with Crippen LogP contribution in [0.1, 0.15) is 17.0 Å². The molecule has 0 amide bonds. The Kier molecular flexibility index (Phi) is 4.13. The molecule has 1 aliphatic heterocycles. The fourth-order valence-corrected chi connectivity index (χ4v) is 3.61. The lowest BCUT2D eigenvalue weighted by Crippen LogP contribution is -2.25. The fourth-order valence-electron chi connectivity index (χ4n) is 3.61. The highest BCUT2D eigenvalue weighted by Gasteiger charge is 2.37. The van der Waals surface area contributed by atoms with Gasteiger partial charge in [-0.1, -0.05) is 24.3 Å². The third-order valence-corrected chi connectivity index (χ3v) is 5.00. The van der Waals surface area contributed by atoms with E-state index in [0.29, 0.717) is 27.6 Å². The maximum atomic E-state index is 13.6.